The Labute approximate surface area is 114 Å². The molecule has 2 aromatic carbocycles. The first-order chi connectivity index (χ1) is 9.10. The quantitative estimate of drug-likeness (QED) is 0.917. The monoisotopic (exact) mass is 278 g/mol. The summed E-state index contributed by atoms with van der Waals surface area (Å²) in [6, 6.07) is 10.5. The van der Waals surface area contributed by atoms with Gasteiger partial charge in [0.1, 0.15) is 11.6 Å². The largest absolute Gasteiger partial charge is 0.381 e. The van der Waals surface area contributed by atoms with Crippen LogP contribution in [-0.2, 0) is 6.54 Å². The van der Waals surface area contributed by atoms with Crippen molar-refractivity contribution in [1.29, 1.82) is 5.26 Å². The number of halogens is 3. The fourth-order valence-electron chi connectivity index (χ4n) is 1.59. The molecule has 0 spiro atoms. The van der Waals surface area contributed by atoms with Crippen molar-refractivity contribution >= 4 is 17.3 Å². The standard InChI is InChI=1S/C14H9ClF2N2/c15-10-1-3-11(4-2-10)19-8-12-13(16)5-9(7-18)6-14(12)17/h1-6,19H,8H2. The Hall–Kier alpha value is -2.12. The molecule has 0 aliphatic rings. The molecule has 96 valence electrons. The Bertz CT molecular complexity index is 610. The van der Waals surface area contributed by atoms with Gasteiger partial charge in [-0.3, -0.25) is 0 Å². The second-order valence-corrected chi connectivity index (χ2v) is 4.33. The van der Waals surface area contributed by atoms with Crippen LogP contribution in [0, 0.1) is 23.0 Å². The van der Waals surface area contributed by atoms with E-state index in [9.17, 15) is 8.78 Å². The summed E-state index contributed by atoms with van der Waals surface area (Å²) in [5.74, 6) is -1.48. The zero-order chi connectivity index (χ0) is 13.8. The van der Waals surface area contributed by atoms with Crippen molar-refractivity contribution in [2.24, 2.45) is 0 Å². The van der Waals surface area contributed by atoms with Crippen LogP contribution < -0.4 is 5.32 Å². The Morgan fingerprint density at radius 2 is 1.68 bits per heavy atom. The molecule has 0 aromatic heterocycles. The fourth-order valence-corrected chi connectivity index (χ4v) is 1.72. The fraction of sp³-hybridized carbons (Fsp3) is 0.0714. The van der Waals surface area contributed by atoms with Crippen molar-refractivity contribution in [3.8, 4) is 6.07 Å². The van der Waals surface area contributed by atoms with Crippen LogP contribution in [0.25, 0.3) is 0 Å². The Kier molecular flexibility index (Phi) is 3.98. The van der Waals surface area contributed by atoms with Gasteiger partial charge >= 0.3 is 0 Å². The SMILES string of the molecule is N#Cc1cc(F)c(CNc2ccc(Cl)cc2)c(F)c1. The third-order valence-electron chi connectivity index (χ3n) is 2.58. The first-order valence-electron chi connectivity index (χ1n) is 5.47. The van der Waals surface area contributed by atoms with Gasteiger partial charge in [0.25, 0.3) is 0 Å². The van der Waals surface area contributed by atoms with Gasteiger partial charge in [0.2, 0.25) is 0 Å². The first kappa shape index (κ1) is 13.3. The number of benzene rings is 2. The number of anilines is 1. The van der Waals surface area contributed by atoms with Crippen LogP contribution in [0.1, 0.15) is 11.1 Å². The van der Waals surface area contributed by atoms with E-state index in [1.165, 1.54) is 0 Å². The molecule has 0 aliphatic heterocycles. The number of nitrogens with zero attached hydrogens (tertiary/aromatic N) is 1. The zero-order valence-corrected chi connectivity index (χ0v) is 10.5. The van der Waals surface area contributed by atoms with E-state index in [1.807, 2.05) is 0 Å². The summed E-state index contributed by atoms with van der Waals surface area (Å²) in [6.07, 6.45) is 0. The molecule has 0 bridgehead atoms. The third kappa shape index (κ3) is 3.21. The highest BCUT2D eigenvalue weighted by Crippen LogP contribution is 2.18. The third-order valence-corrected chi connectivity index (χ3v) is 2.84. The maximum Gasteiger partial charge on any atom is 0.132 e. The molecule has 0 unspecified atom stereocenters. The molecule has 0 heterocycles. The van der Waals surface area contributed by atoms with Crippen LogP contribution >= 0.6 is 11.6 Å². The Morgan fingerprint density at radius 3 is 2.21 bits per heavy atom. The number of nitrogens with one attached hydrogen (secondary N) is 1. The molecule has 0 amide bonds. The van der Waals surface area contributed by atoms with Crippen molar-refractivity contribution in [3.63, 3.8) is 0 Å². The average Bonchev–Trinajstić information content (AvgIpc) is 2.39. The Morgan fingerprint density at radius 1 is 1.11 bits per heavy atom. The van der Waals surface area contributed by atoms with Gasteiger partial charge in [-0.2, -0.15) is 5.26 Å². The van der Waals surface area contributed by atoms with Gasteiger partial charge in [0.05, 0.1) is 11.6 Å². The molecule has 2 nitrogen and oxygen atoms in total. The molecule has 0 saturated heterocycles. The topological polar surface area (TPSA) is 35.8 Å². The Balaban J connectivity index is 2.16. The minimum absolute atomic E-state index is 0.00892. The summed E-state index contributed by atoms with van der Waals surface area (Å²) < 4.78 is 27.2. The summed E-state index contributed by atoms with van der Waals surface area (Å²) in [7, 11) is 0. The highest BCUT2D eigenvalue weighted by molar-refractivity contribution is 6.30. The summed E-state index contributed by atoms with van der Waals surface area (Å²) in [5.41, 5.74) is 0.562. The smallest absolute Gasteiger partial charge is 0.132 e. The normalized spacial score (nSPS) is 10.0. The zero-order valence-electron chi connectivity index (χ0n) is 9.75. The predicted octanol–water partition coefficient (Wildman–Crippen LogP) is 4.10. The van der Waals surface area contributed by atoms with Gasteiger partial charge in [-0.05, 0) is 36.4 Å². The van der Waals surface area contributed by atoms with Gasteiger partial charge in [-0.1, -0.05) is 11.6 Å². The molecule has 0 atom stereocenters. The molecule has 1 N–H and O–H groups in total. The molecule has 0 saturated carbocycles. The molecule has 2 rings (SSSR count). The van der Waals surface area contributed by atoms with Crippen LogP contribution in [0.4, 0.5) is 14.5 Å². The van der Waals surface area contributed by atoms with Gasteiger partial charge in [0.15, 0.2) is 0 Å². The lowest BCUT2D eigenvalue weighted by atomic mass is 10.1. The highest BCUT2D eigenvalue weighted by Gasteiger charge is 2.10. The van der Waals surface area contributed by atoms with Crippen LogP contribution in [0.3, 0.4) is 0 Å². The van der Waals surface area contributed by atoms with Gasteiger partial charge in [0, 0.05) is 22.8 Å². The first-order valence-corrected chi connectivity index (χ1v) is 5.85. The van der Waals surface area contributed by atoms with Crippen LogP contribution in [0.2, 0.25) is 5.02 Å². The number of hydrogen-bond donors (Lipinski definition) is 1. The van der Waals surface area contributed by atoms with E-state index in [0.717, 1.165) is 12.1 Å². The van der Waals surface area contributed by atoms with Crippen molar-refractivity contribution in [3.05, 3.63) is 64.2 Å². The summed E-state index contributed by atoms with van der Waals surface area (Å²) in [5, 5.41) is 12.1. The van der Waals surface area contributed by atoms with Crippen LogP contribution in [0.5, 0.6) is 0 Å². The second kappa shape index (κ2) is 5.68. The van der Waals surface area contributed by atoms with Crippen molar-refractivity contribution in [1.82, 2.24) is 0 Å². The lowest BCUT2D eigenvalue weighted by Gasteiger charge is -2.09. The van der Waals surface area contributed by atoms with Crippen LogP contribution in [0.15, 0.2) is 36.4 Å². The number of rotatable bonds is 3. The molecular weight excluding hydrogens is 270 g/mol. The van der Waals surface area contributed by atoms with Crippen molar-refractivity contribution < 1.29 is 8.78 Å². The predicted molar refractivity (Wildman–Crippen MR) is 69.9 cm³/mol. The highest BCUT2D eigenvalue weighted by atomic mass is 35.5. The van der Waals surface area contributed by atoms with E-state index >= 15 is 0 Å². The van der Waals surface area contributed by atoms with E-state index in [-0.39, 0.29) is 17.7 Å². The van der Waals surface area contributed by atoms with E-state index in [4.69, 9.17) is 16.9 Å². The van der Waals surface area contributed by atoms with Gasteiger partial charge in [-0.25, -0.2) is 8.78 Å². The van der Waals surface area contributed by atoms with E-state index in [2.05, 4.69) is 5.32 Å². The molecule has 0 aliphatic carbocycles. The lowest BCUT2D eigenvalue weighted by molar-refractivity contribution is 0.559. The maximum atomic E-state index is 13.6. The maximum absolute atomic E-state index is 13.6. The molecule has 0 fully saturated rings. The second-order valence-electron chi connectivity index (χ2n) is 3.89. The van der Waals surface area contributed by atoms with Crippen molar-refractivity contribution in [2.45, 2.75) is 6.54 Å². The van der Waals surface area contributed by atoms with Crippen LogP contribution in [-0.4, -0.2) is 0 Å². The molecule has 19 heavy (non-hydrogen) atoms. The summed E-state index contributed by atoms with van der Waals surface area (Å²) >= 11 is 5.73. The lowest BCUT2D eigenvalue weighted by Crippen LogP contribution is -2.05. The molecule has 0 radical (unpaired) electrons. The summed E-state index contributed by atoms with van der Waals surface area (Å²) in [6.45, 7) is -0.00892. The molecule has 5 heteroatoms. The van der Waals surface area contributed by atoms with E-state index < -0.39 is 11.6 Å². The minimum atomic E-state index is -0.738. The molecule has 2 aromatic rings. The van der Waals surface area contributed by atoms with Gasteiger partial charge in [-0.15, -0.1) is 0 Å². The number of hydrogen-bond acceptors (Lipinski definition) is 2. The number of nitriles is 1. The summed E-state index contributed by atoms with van der Waals surface area (Å²) in [4.78, 5) is 0. The van der Waals surface area contributed by atoms with E-state index in [0.29, 0.717) is 10.7 Å². The molecular formula is C14H9ClF2N2. The van der Waals surface area contributed by atoms with Gasteiger partial charge < -0.3 is 5.32 Å². The average molecular weight is 279 g/mol. The minimum Gasteiger partial charge on any atom is -0.381 e. The van der Waals surface area contributed by atoms with Crippen molar-refractivity contribution in [2.75, 3.05) is 5.32 Å². The van der Waals surface area contributed by atoms with E-state index in [1.54, 1.807) is 30.3 Å².